The van der Waals surface area contributed by atoms with Crippen molar-refractivity contribution in [2.24, 2.45) is 11.7 Å². The molecule has 1 unspecified atom stereocenters. The topological polar surface area (TPSA) is 72.2 Å². The molecule has 1 fully saturated rings. The minimum atomic E-state index is -3.26. The summed E-state index contributed by atoms with van der Waals surface area (Å²) in [6.07, 6.45) is 2.71. The molecule has 1 saturated carbocycles. The van der Waals surface area contributed by atoms with E-state index in [1.165, 1.54) is 0 Å². The summed E-state index contributed by atoms with van der Waals surface area (Å²) in [5, 5.41) is 1.96. The standard InChI is InChI=1S/C12H20N2O2S2.ClH/c1-12(9-13,10-4-5-10)14-18(15,16)8-6-11-3-2-7-17-11;/h2-3,7,10,14H,4-6,8-9,13H2,1H3;1H. The molecule has 19 heavy (non-hydrogen) atoms. The summed E-state index contributed by atoms with van der Waals surface area (Å²) < 4.78 is 26.9. The van der Waals surface area contributed by atoms with Gasteiger partial charge in [0.2, 0.25) is 10.0 Å². The van der Waals surface area contributed by atoms with Crippen molar-refractivity contribution in [2.75, 3.05) is 12.3 Å². The molecule has 4 nitrogen and oxygen atoms in total. The van der Waals surface area contributed by atoms with Crippen LogP contribution in [0.25, 0.3) is 0 Å². The van der Waals surface area contributed by atoms with Crippen LogP contribution in [0.3, 0.4) is 0 Å². The molecule has 0 bridgehead atoms. The Balaban J connectivity index is 0.00000180. The van der Waals surface area contributed by atoms with Gasteiger partial charge in [-0.2, -0.15) is 0 Å². The maximum atomic E-state index is 12.1. The van der Waals surface area contributed by atoms with E-state index < -0.39 is 15.6 Å². The highest BCUT2D eigenvalue weighted by molar-refractivity contribution is 7.89. The highest BCUT2D eigenvalue weighted by Gasteiger charge is 2.42. The summed E-state index contributed by atoms with van der Waals surface area (Å²) in [6, 6.07) is 3.90. The molecule has 1 aromatic heterocycles. The third-order valence-electron chi connectivity index (χ3n) is 3.49. The molecule has 0 aromatic carbocycles. The van der Waals surface area contributed by atoms with Crippen molar-refractivity contribution < 1.29 is 8.42 Å². The van der Waals surface area contributed by atoms with Gasteiger partial charge >= 0.3 is 0 Å². The smallest absolute Gasteiger partial charge is 0.212 e. The molecule has 1 aliphatic rings. The van der Waals surface area contributed by atoms with Crippen molar-refractivity contribution in [3.63, 3.8) is 0 Å². The van der Waals surface area contributed by atoms with Crippen molar-refractivity contribution in [1.29, 1.82) is 0 Å². The van der Waals surface area contributed by atoms with Gasteiger partial charge < -0.3 is 5.73 Å². The lowest BCUT2D eigenvalue weighted by Gasteiger charge is -2.29. The van der Waals surface area contributed by atoms with Crippen molar-refractivity contribution in [2.45, 2.75) is 31.7 Å². The number of thiophene rings is 1. The molecule has 3 N–H and O–H groups in total. The predicted molar refractivity (Wildman–Crippen MR) is 82.4 cm³/mol. The minimum Gasteiger partial charge on any atom is -0.329 e. The second-order valence-electron chi connectivity index (χ2n) is 5.15. The van der Waals surface area contributed by atoms with E-state index >= 15 is 0 Å². The molecule has 110 valence electrons. The Morgan fingerprint density at radius 3 is 2.68 bits per heavy atom. The maximum absolute atomic E-state index is 12.1. The van der Waals surface area contributed by atoms with Crippen LogP contribution in [-0.4, -0.2) is 26.3 Å². The normalized spacial score (nSPS) is 18.6. The Labute approximate surface area is 125 Å². The fourth-order valence-corrected chi connectivity index (χ4v) is 4.50. The minimum absolute atomic E-state index is 0. The molecular formula is C12H21ClN2O2S2. The molecule has 7 heteroatoms. The Kier molecular flexibility index (Phi) is 5.82. The van der Waals surface area contributed by atoms with Crippen molar-refractivity contribution in [3.05, 3.63) is 22.4 Å². The molecule has 1 atom stereocenters. The fourth-order valence-electron chi connectivity index (χ4n) is 2.11. The number of aryl methyl sites for hydroxylation is 1. The quantitative estimate of drug-likeness (QED) is 0.802. The molecule has 0 aliphatic heterocycles. The predicted octanol–water partition coefficient (Wildman–Crippen LogP) is 1.76. The van der Waals surface area contributed by atoms with Gasteiger partial charge in [-0.1, -0.05) is 6.07 Å². The van der Waals surface area contributed by atoms with E-state index in [4.69, 9.17) is 5.73 Å². The van der Waals surface area contributed by atoms with Gasteiger partial charge in [0.1, 0.15) is 0 Å². The average molecular weight is 325 g/mol. The van der Waals surface area contributed by atoms with Crippen LogP contribution in [0, 0.1) is 5.92 Å². The molecule has 2 rings (SSSR count). The van der Waals surface area contributed by atoms with Crippen LogP contribution in [0.2, 0.25) is 0 Å². The van der Waals surface area contributed by atoms with Crippen LogP contribution >= 0.6 is 23.7 Å². The van der Waals surface area contributed by atoms with Gasteiger partial charge in [0, 0.05) is 17.0 Å². The Bertz CT molecular complexity index is 486. The summed E-state index contributed by atoms with van der Waals surface area (Å²) >= 11 is 1.59. The monoisotopic (exact) mass is 324 g/mol. The molecule has 1 aliphatic carbocycles. The van der Waals surface area contributed by atoms with Gasteiger partial charge in [-0.05, 0) is 43.6 Å². The average Bonchev–Trinajstić information content (AvgIpc) is 3.05. The van der Waals surface area contributed by atoms with Gasteiger partial charge in [-0.3, -0.25) is 0 Å². The number of nitrogens with one attached hydrogen (secondary N) is 1. The van der Waals surface area contributed by atoms with Crippen LogP contribution in [0.15, 0.2) is 17.5 Å². The summed E-state index contributed by atoms with van der Waals surface area (Å²) in [5.41, 5.74) is 5.26. The van der Waals surface area contributed by atoms with E-state index in [1.807, 2.05) is 24.4 Å². The van der Waals surface area contributed by atoms with Crippen LogP contribution in [0.1, 0.15) is 24.6 Å². The summed E-state index contributed by atoms with van der Waals surface area (Å²) in [4.78, 5) is 1.10. The summed E-state index contributed by atoms with van der Waals surface area (Å²) in [6.45, 7) is 2.27. The third kappa shape index (κ3) is 4.72. The zero-order valence-corrected chi connectivity index (χ0v) is 13.4. The number of hydrogen-bond donors (Lipinski definition) is 2. The number of hydrogen-bond acceptors (Lipinski definition) is 4. The lowest BCUT2D eigenvalue weighted by atomic mass is 9.98. The molecule has 1 heterocycles. The van der Waals surface area contributed by atoms with E-state index in [9.17, 15) is 8.42 Å². The summed E-state index contributed by atoms with van der Waals surface area (Å²) in [5.74, 6) is 0.537. The van der Waals surface area contributed by atoms with Crippen LogP contribution in [0.4, 0.5) is 0 Å². The van der Waals surface area contributed by atoms with Crippen LogP contribution in [-0.2, 0) is 16.4 Å². The Morgan fingerprint density at radius 2 is 2.21 bits per heavy atom. The first-order chi connectivity index (χ1) is 8.45. The number of sulfonamides is 1. The van der Waals surface area contributed by atoms with E-state index in [1.54, 1.807) is 11.3 Å². The van der Waals surface area contributed by atoms with Crippen molar-refractivity contribution in [3.8, 4) is 0 Å². The number of nitrogens with two attached hydrogens (primary N) is 1. The molecule has 0 saturated heterocycles. The van der Waals surface area contributed by atoms with Gasteiger partial charge in [0.05, 0.1) is 5.75 Å². The second-order valence-corrected chi connectivity index (χ2v) is 8.02. The Morgan fingerprint density at radius 1 is 1.53 bits per heavy atom. The van der Waals surface area contributed by atoms with Crippen LogP contribution in [0.5, 0.6) is 0 Å². The first-order valence-electron chi connectivity index (χ1n) is 6.19. The SMILES string of the molecule is CC(CN)(NS(=O)(=O)CCc1cccs1)C1CC1.Cl. The first-order valence-corrected chi connectivity index (χ1v) is 8.72. The molecule has 0 spiro atoms. The first kappa shape index (κ1) is 16.9. The van der Waals surface area contributed by atoms with E-state index in [2.05, 4.69) is 4.72 Å². The maximum Gasteiger partial charge on any atom is 0.212 e. The largest absolute Gasteiger partial charge is 0.329 e. The van der Waals surface area contributed by atoms with Crippen molar-refractivity contribution >= 4 is 33.8 Å². The second kappa shape index (κ2) is 6.54. The molecule has 0 radical (unpaired) electrons. The molecule has 0 amide bonds. The summed E-state index contributed by atoms with van der Waals surface area (Å²) in [7, 11) is -3.26. The lowest BCUT2D eigenvalue weighted by molar-refractivity contribution is 0.374. The van der Waals surface area contributed by atoms with E-state index in [-0.39, 0.29) is 18.2 Å². The van der Waals surface area contributed by atoms with Crippen molar-refractivity contribution in [1.82, 2.24) is 4.72 Å². The van der Waals surface area contributed by atoms with E-state index in [0.717, 1.165) is 17.7 Å². The third-order valence-corrected chi connectivity index (χ3v) is 5.94. The molecule has 1 aromatic rings. The highest BCUT2D eigenvalue weighted by atomic mass is 35.5. The zero-order valence-electron chi connectivity index (χ0n) is 11.0. The lowest BCUT2D eigenvalue weighted by Crippen LogP contribution is -2.53. The van der Waals surface area contributed by atoms with Crippen LogP contribution < -0.4 is 10.5 Å². The molecular weight excluding hydrogens is 304 g/mol. The van der Waals surface area contributed by atoms with Gasteiger partial charge in [0.25, 0.3) is 0 Å². The van der Waals surface area contributed by atoms with Gasteiger partial charge in [0.15, 0.2) is 0 Å². The van der Waals surface area contributed by atoms with Gasteiger partial charge in [-0.15, -0.1) is 23.7 Å². The zero-order chi connectivity index (χ0) is 13.2. The number of rotatable bonds is 7. The fraction of sp³-hybridized carbons (Fsp3) is 0.667. The Hall–Kier alpha value is -0.140. The van der Waals surface area contributed by atoms with Gasteiger partial charge in [-0.25, -0.2) is 13.1 Å². The highest BCUT2D eigenvalue weighted by Crippen LogP contribution is 2.39. The van der Waals surface area contributed by atoms with E-state index in [0.29, 0.717) is 18.9 Å². The number of halogens is 1.